The molecule has 0 radical (unpaired) electrons. The molecule has 1 aromatic rings. The lowest BCUT2D eigenvalue weighted by atomic mass is 10.2. The fraction of sp³-hybridized carbons (Fsp3) is 0.364. The van der Waals surface area contributed by atoms with E-state index in [1.54, 1.807) is 0 Å². The van der Waals surface area contributed by atoms with Crippen LogP contribution < -0.4 is 5.32 Å². The molecule has 0 bridgehead atoms. The second kappa shape index (κ2) is 5.84. The lowest BCUT2D eigenvalue weighted by Gasteiger charge is -2.16. The molecule has 17 heavy (non-hydrogen) atoms. The molecule has 0 saturated heterocycles. The van der Waals surface area contributed by atoms with Crippen molar-refractivity contribution < 1.29 is 19.0 Å². The monoisotopic (exact) mass is 257 g/mol. The second-order valence-electron chi connectivity index (χ2n) is 3.83. The molecule has 2 N–H and O–H groups in total. The van der Waals surface area contributed by atoms with Crippen molar-refractivity contribution in [1.82, 2.24) is 5.32 Å². The molecule has 0 saturated carbocycles. The molecule has 0 spiro atoms. The summed E-state index contributed by atoms with van der Waals surface area (Å²) < 4.78 is 16.1. The summed E-state index contributed by atoms with van der Waals surface area (Å²) in [5, 5.41) is 2.32. The van der Waals surface area contributed by atoms with Gasteiger partial charge in [-0.15, -0.1) is 0 Å². The van der Waals surface area contributed by atoms with Crippen molar-refractivity contribution in [1.29, 1.82) is 0 Å². The van der Waals surface area contributed by atoms with E-state index in [-0.39, 0.29) is 6.61 Å². The van der Waals surface area contributed by atoms with Gasteiger partial charge in [0.25, 0.3) is 0 Å². The Hall–Kier alpha value is -1.32. The summed E-state index contributed by atoms with van der Waals surface area (Å²) in [5.41, 5.74) is 0.860. The Labute approximate surface area is 100 Å². The Morgan fingerprint density at radius 2 is 2.06 bits per heavy atom. The summed E-state index contributed by atoms with van der Waals surface area (Å²) in [6, 6.07) is 9.20. The van der Waals surface area contributed by atoms with Crippen LogP contribution in [-0.4, -0.2) is 23.4 Å². The van der Waals surface area contributed by atoms with Gasteiger partial charge in [-0.1, -0.05) is 30.3 Å². The van der Waals surface area contributed by atoms with Crippen LogP contribution in [0.4, 0.5) is 4.79 Å². The van der Waals surface area contributed by atoms with Gasteiger partial charge in [0, 0.05) is 6.66 Å². The Morgan fingerprint density at radius 3 is 2.59 bits per heavy atom. The number of hydrogen-bond acceptors (Lipinski definition) is 3. The van der Waals surface area contributed by atoms with E-state index >= 15 is 0 Å². The quantitative estimate of drug-likeness (QED) is 0.810. The van der Waals surface area contributed by atoms with E-state index in [4.69, 9.17) is 4.74 Å². The highest BCUT2D eigenvalue weighted by Crippen LogP contribution is 2.39. The van der Waals surface area contributed by atoms with Gasteiger partial charge >= 0.3 is 6.09 Å². The third-order valence-electron chi connectivity index (χ3n) is 2.26. The van der Waals surface area contributed by atoms with Crippen LogP contribution in [0, 0.1) is 0 Å². The minimum Gasteiger partial charge on any atom is -0.445 e. The maximum Gasteiger partial charge on any atom is 0.408 e. The number of nitrogens with one attached hydrogen (secondary N) is 1. The zero-order valence-corrected chi connectivity index (χ0v) is 10.7. The Morgan fingerprint density at radius 1 is 1.47 bits per heavy atom. The largest absolute Gasteiger partial charge is 0.445 e. The topological polar surface area (TPSA) is 75.6 Å². The van der Waals surface area contributed by atoms with Gasteiger partial charge in [-0.05, 0) is 12.5 Å². The van der Waals surface area contributed by atoms with Crippen LogP contribution in [-0.2, 0) is 15.9 Å². The first kappa shape index (κ1) is 13.7. The molecule has 5 nitrogen and oxygen atoms in total. The summed E-state index contributed by atoms with van der Waals surface area (Å²) in [7, 11) is -3.32. The second-order valence-corrected chi connectivity index (χ2v) is 6.49. The van der Waals surface area contributed by atoms with Crippen molar-refractivity contribution in [3.63, 3.8) is 0 Å². The number of hydrogen-bond donors (Lipinski definition) is 2. The first-order valence-corrected chi connectivity index (χ1v) is 7.34. The highest BCUT2D eigenvalue weighted by molar-refractivity contribution is 7.57. The fourth-order valence-corrected chi connectivity index (χ4v) is 1.40. The molecule has 2 unspecified atom stereocenters. The molecule has 94 valence electrons. The van der Waals surface area contributed by atoms with E-state index < -0.39 is 19.2 Å². The third kappa shape index (κ3) is 5.02. The molecule has 0 aliphatic heterocycles. The van der Waals surface area contributed by atoms with E-state index in [0.29, 0.717) is 0 Å². The Bertz CT molecular complexity index is 415. The summed E-state index contributed by atoms with van der Waals surface area (Å²) in [6.45, 7) is 2.79. The van der Waals surface area contributed by atoms with Gasteiger partial charge in [0.2, 0.25) is 7.37 Å². The molecule has 0 aliphatic rings. The van der Waals surface area contributed by atoms with Crippen molar-refractivity contribution in [2.45, 2.75) is 19.3 Å². The van der Waals surface area contributed by atoms with E-state index in [2.05, 4.69) is 5.32 Å². The van der Waals surface area contributed by atoms with Crippen LogP contribution in [0.5, 0.6) is 0 Å². The lowest BCUT2D eigenvalue weighted by Crippen LogP contribution is -2.32. The summed E-state index contributed by atoms with van der Waals surface area (Å²) in [4.78, 5) is 20.5. The first-order valence-electron chi connectivity index (χ1n) is 5.17. The molecule has 6 heteroatoms. The summed E-state index contributed by atoms with van der Waals surface area (Å²) in [5.74, 6) is -0.814. The average molecular weight is 257 g/mol. The minimum atomic E-state index is -3.32. The van der Waals surface area contributed by atoms with E-state index in [1.165, 1.54) is 13.6 Å². The number of benzene rings is 1. The average Bonchev–Trinajstić information content (AvgIpc) is 2.26. The number of carbonyl (C=O) groups is 1. The molecular weight excluding hydrogens is 241 g/mol. The van der Waals surface area contributed by atoms with Crippen LogP contribution in [0.2, 0.25) is 0 Å². The molecule has 2 atom stereocenters. The number of carbonyl (C=O) groups excluding carboxylic acids is 1. The SMILES string of the molecule is CC(NC(=O)OCc1ccccc1)P(C)(=O)O. The van der Waals surface area contributed by atoms with E-state index in [1.807, 2.05) is 30.3 Å². The molecule has 0 aromatic heterocycles. The number of rotatable bonds is 4. The molecule has 1 aromatic carbocycles. The van der Waals surface area contributed by atoms with Gasteiger partial charge < -0.3 is 14.9 Å². The number of amides is 1. The van der Waals surface area contributed by atoms with E-state index in [0.717, 1.165) is 5.56 Å². The van der Waals surface area contributed by atoms with Crippen LogP contribution in [0.3, 0.4) is 0 Å². The lowest BCUT2D eigenvalue weighted by molar-refractivity contribution is 0.138. The first-order chi connectivity index (χ1) is 7.89. The van der Waals surface area contributed by atoms with Gasteiger partial charge in [0.15, 0.2) is 0 Å². The molecule has 0 fully saturated rings. The maximum absolute atomic E-state index is 11.3. The van der Waals surface area contributed by atoms with Gasteiger partial charge in [0.05, 0.1) is 0 Å². The van der Waals surface area contributed by atoms with Crippen molar-refractivity contribution >= 4 is 13.5 Å². The zero-order valence-electron chi connectivity index (χ0n) is 9.79. The maximum atomic E-state index is 11.3. The number of ether oxygens (including phenoxy) is 1. The number of alkyl carbamates (subject to hydrolysis) is 1. The van der Waals surface area contributed by atoms with Gasteiger partial charge in [-0.25, -0.2) is 4.79 Å². The predicted molar refractivity (Wildman–Crippen MR) is 65.0 cm³/mol. The normalized spacial score (nSPS) is 15.7. The van der Waals surface area contributed by atoms with Crippen molar-refractivity contribution in [2.75, 3.05) is 6.66 Å². The van der Waals surface area contributed by atoms with Crippen molar-refractivity contribution in [3.8, 4) is 0 Å². The minimum absolute atomic E-state index is 0.138. The van der Waals surface area contributed by atoms with Crippen LogP contribution in [0.25, 0.3) is 0 Å². The van der Waals surface area contributed by atoms with Crippen LogP contribution in [0.1, 0.15) is 12.5 Å². The summed E-state index contributed by atoms with van der Waals surface area (Å²) in [6.07, 6.45) is -0.697. The molecule has 0 heterocycles. The highest BCUT2D eigenvalue weighted by Gasteiger charge is 2.22. The van der Waals surface area contributed by atoms with Gasteiger partial charge in [0.1, 0.15) is 12.4 Å². The smallest absolute Gasteiger partial charge is 0.408 e. The summed E-state index contributed by atoms with van der Waals surface area (Å²) >= 11 is 0. The Balaban J connectivity index is 2.39. The van der Waals surface area contributed by atoms with E-state index in [9.17, 15) is 14.3 Å². The molecule has 1 amide bonds. The van der Waals surface area contributed by atoms with Crippen LogP contribution in [0.15, 0.2) is 30.3 Å². The predicted octanol–water partition coefficient (Wildman–Crippen LogP) is 2.16. The van der Waals surface area contributed by atoms with Crippen molar-refractivity contribution in [3.05, 3.63) is 35.9 Å². The van der Waals surface area contributed by atoms with Gasteiger partial charge in [-0.3, -0.25) is 4.57 Å². The standard InChI is InChI=1S/C11H16NO4P/c1-9(17(2,14)15)12-11(13)16-8-10-6-4-3-5-7-10/h3-7,9H,8H2,1-2H3,(H,12,13)(H,14,15). The highest BCUT2D eigenvalue weighted by atomic mass is 31.2. The third-order valence-corrected chi connectivity index (χ3v) is 3.82. The fourth-order valence-electron chi connectivity index (χ4n) is 1.06. The molecular formula is C11H16NO4P. The van der Waals surface area contributed by atoms with Crippen molar-refractivity contribution in [2.24, 2.45) is 0 Å². The van der Waals surface area contributed by atoms with Gasteiger partial charge in [-0.2, -0.15) is 0 Å². The molecule has 0 aliphatic carbocycles. The zero-order chi connectivity index (χ0) is 12.9. The molecule has 1 rings (SSSR count). The van der Waals surface area contributed by atoms with Crippen LogP contribution >= 0.6 is 7.37 Å². The Kier molecular flexibility index (Phi) is 4.73.